The zero-order valence-electron chi connectivity index (χ0n) is 26.4. The lowest BCUT2D eigenvalue weighted by molar-refractivity contribution is -0.253. The fourth-order valence-corrected chi connectivity index (χ4v) is 6.35. The number of nitrogens with one attached hydrogen (secondary N) is 2. The molecule has 0 saturated carbocycles. The third-order valence-corrected chi connectivity index (χ3v) is 9.29. The van der Waals surface area contributed by atoms with Gasteiger partial charge in [0.2, 0.25) is 11.8 Å². The number of amides is 2. The van der Waals surface area contributed by atoms with Gasteiger partial charge in [0.25, 0.3) is 0 Å². The molecule has 2 amide bonds. The zero-order chi connectivity index (χ0) is 33.2. The van der Waals surface area contributed by atoms with Gasteiger partial charge in [-0.3, -0.25) is 14.8 Å². The van der Waals surface area contributed by atoms with Crippen LogP contribution in [0.15, 0.2) is 72.8 Å². The standard InChI is InChI=1S/C36H44ClN3O7/c37-29-14-12-28(13-15-29)36(44)18-20-40(21-19-36)23-31-22-32(26-8-6-25(24-41)7-9-26)47-35(46-31)27-10-16-30(17-11-27)38-33(42)4-2-1-3-5-34(43)39-45/h6-17,31-32,35,41,44-45H,1-5,18-24H2,(H,38,42)(H,39,43)/t31-,32+,35+/m1/s1. The number of ether oxygens (including phenoxy) is 2. The number of aliphatic hydroxyl groups excluding tert-OH is 1. The smallest absolute Gasteiger partial charge is 0.243 e. The van der Waals surface area contributed by atoms with E-state index in [0.717, 1.165) is 35.3 Å². The maximum Gasteiger partial charge on any atom is 0.243 e. The first kappa shape index (κ1) is 35.0. The Hall–Kier alpha value is -3.35. The predicted octanol–water partition coefficient (Wildman–Crippen LogP) is 5.76. The molecule has 2 saturated heterocycles. The number of hydrogen-bond donors (Lipinski definition) is 5. The Morgan fingerprint density at radius 2 is 1.49 bits per heavy atom. The molecule has 2 aliphatic rings. The third kappa shape index (κ3) is 9.84. The second kappa shape index (κ2) is 16.7. The van der Waals surface area contributed by atoms with Crippen molar-refractivity contribution >= 4 is 29.1 Å². The van der Waals surface area contributed by atoms with Crippen LogP contribution in [0.25, 0.3) is 0 Å². The summed E-state index contributed by atoms with van der Waals surface area (Å²) in [5.74, 6) is -0.530. The summed E-state index contributed by atoms with van der Waals surface area (Å²) in [6, 6.07) is 22.7. The predicted molar refractivity (Wildman–Crippen MR) is 178 cm³/mol. The molecule has 5 rings (SSSR count). The number of unbranched alkanes of at least 4 members (excludes halogenated alkanes) is 2. The van der Waals surface area contributed by atoms with Crippen LogP contribution in [-0.4, -0.2) is 57.9 Å². The molecule has 2 heterocycles. The molecule has 0 spiro atoms. The van der Waals surface area contributed by atoms with Gasteiger partial charge in [0.15, 0.2) is 6.29 Å². The normalized spacial score (nSPS) is 21.2. The molecule has 0 aromatic heterocycles. The summed E-state index contributed by atoms with van der Waals surface area (Å²) in [6.07, 6.45) is 3.45. The SMILES string of the molecule is O=C(CCCCCC(=O)Nc1ccc([C@H]2O[C@@H](CN3CCC(O)(c4ccc(Cl)cc4)CC3)C[C@@H](c3ccc(CO)cc3)O2)cc1)NO. The first-order valence-electron chi connectivity index (χ1n) is 16.3. The lowest BCUT2D eigenvalue weighted by atomic mass is 9.84. The molecule has 5 N–H and O–H groups in total. The maximum atomic E-state index is 12.4. The number of anilines is 1. The number of rotatable bonds is 13. The summed E-state index contributed by atoms with van der Waals surface area (Å²) in [6.45, 7) is 2.13. The molecule has 47 heavy (non-hydrogen) atoms. The van der Waals surface area contributed by atoms with Crippen LogP contribution in [0.4, 0.5) is 5.69 Å². The maximum absolute atomic E-state index is 12.4. The lowest BCUT2D eigenvalue weighted by Crippen LogP contribution is -2.46. The molecule has 3 aromatic rings. The van der Waals surface area contributed by atoms with E-state index in [-0.39, 0.29) is 31.1 Å². The number of carbonyl (C=O) groups is 2. The Morgan fingerprint density at radius 3 is 2.13 bits per heavy atom. The molecular weight excluding hydrogens is 622 g/mol. The quantitative estimate of drug-likeness (QED) is 0.0883. The summed E-state index contributed by atoms with van der Waals surface area (Å²) in [5, 5.41) is 33.0. The molecular formula is C36H44ClN3O7. The molecule has 0 radical (unpaired) electrons. The van der Waals surface area contributed by atoms with Gasteiger partial charge in [0.1, 0.15) is 0 Å². The van der Waals surface area contributed by atoms with Crippen LogP contribution in [0.5, 0.6) is 0 Å². The zero-order valence-corrected chi connectivity index (χ0v) is 27.2. The van der Waals surface area contributed by atoms with Gasteiger partial charge in [-0.05, 0) is 66.6 Å². The number of piperidine rings is 1. The van der Waals surface area contributed by atoms with Gasteiger partial charge in [-0.15, -0.1) is 0 Å². The number of hydrogen-bond acceptors (Lipinski definition) is 8. The van der Waals surface area contributed by atoms with Crippen LogP contribution < -0.4 is 10.8 Å². The topological polar surface area (TPSA) is 141 Å². The lowest BCUT2D eigenvalue weighted by Gasteiger charge is -2.42. The molecule has 0 aliphatic carbocycles. The Labute approximate surface area is 280 Å². The minimum atomic E-state index is -0.882. The van der Waals surface area contributed by atoms with Gasteiger partial charge in [-0.2, -0.15) is 0 Å². The molecule has 0 unspecified atom stereocenters. The van der Waals surface area contributed by atoms with E-state index in [0.29, 0.717) is 62.2 Å². The summed E-state index contributed by atoms with van der Waals surface area (Å²) in [4.78, 5) is 25.9. The van der Waals surface area contributed by atoms with Crippen LogP contribution >= 0.6 is 11.6 Å². The van der Waals surface area contributed by atoms with Gasteiger partial charge in [-0.25, -0.2) is 5.48 Å². The van der Waals surface area contributed by atoms with Crippen molar-refractivity contribution in [2.24, 2.45) is 0 Å². The van der Waals surface area contributed by atoms with Crippen molar-refractivity contribution < 1.29 is 34.5 Å². The first-order valence-corrected chi connectivity index (χ1v) is 16.7. The molecule has 3 aromatic carbocycles. The third-order valence-electron chi connectivity index (χ3n) is 9.04. The summed E-state index contributed by atoms with van der Waals surface area (Å²) >= 11 is 6.06. The van der Waals surface area contributed by atoms with Crippen LogP contribution in [-0.2, 0) is 31.3 Å². The van der Waals surface area contributed by atoms with Gasteiger partial charge in [0.05, 0.1) is 24.4 Å². The number of aliphatic hydroxyl groups is 2. The highest BCUT2D eigenvalue weighted by molar-refractivity contribution is 6.30. The van der Waals surface area contributed by atoms with Gasteiger partial charge in [0, 0.05) is 55.2 Å². The highest BCUT2D eigenvalue weighted by Crippen LogP contribution is 2.39. The van der Waals surface area contributed by atoms with Crippen LogP contribution in [0, 0.1) is 0 Å². The second-order valence-electron chi connectivity index (χ2n) is 12.5. The highest BCUT2D eigenvalue weighted by Gasteiger charge is 2.37. The second-order valence-corrected chi connectivity index (χ2v) is 12.9. The number of carbonyl (C=O) groups excluding carboxylic acids is 2. The molecule has 3 atom stereocenters. The van der Waals surface area contributed by atoms with E-state index in [2.05, 4.69) is 10.2 Å². The summed E-state index contributed by atoms with van der Waals surface area (Å²) in [7, 11) is 0. The van der Waals surface area contributed by atoms with Crippen LogP contribution in [0.1, 0.15) is 86.0 Å². The average molecular weight is 666 g/mol. The highest BCUT2D eigenvalue weighted by atomic mass is 35.5. The average Bonchev–Trinajstić information content (AvgIpc) is 3.09. The van der Waals surface area contributed by atoms with Crippen molar-refractivity contribution in [1.82, 2.24) is 10.4 Å². The molecule has 252 valence electrons. The fourth-order valence-electron chi connectivity index (χ4n) is 6.23. The number of halogens is 1. The van der Waals surface area contributed by atoms with E-state index < -0.39 is 17.8 Å². The van der Waals surface area contributed by atoms with Crippen molar-refractivity contribution in [3.8, 4) is 0 Å². The van der Waals surface area contributed by atoms with E-state index in [4.69, 9.17) is 26.3 Å². The summed E-state index contributed by atoms with van der Waals surface area (Å²) in [5.41, 5.74) is 4.97. The minimum absolute atomic E-state index is 0.0241. The number of likely N-dealkylation sites (tertiary alicyclic amines) is 1. The number of hydroxylamine groups is 1. The minimum Gasteiger partial charge on any atom is -0.392 e. The van der Waals surface area contributed by atoms with Gasteiger partial charge < -0.3 is 29.9 Å². The number of benzene rings is 3. The molecule has 11 heteroatoms. The van der Waals surface area contributed by atoms with Crippen molar-refractivity contribution in [2.45, 2.75) is 82.1 Å². The molecule has 0 bridgehead atoms. The Kier molecular flexibility index (Phi) is 12.4. The van der Waals surface area contributed by atoms with Crippen LogP contribution in [0.3, 0.4) is 0 Å². The number of nitrogens with zero attached hydrogens (tertiary/aromatic N) is 1. The Morgan fingerprint density at radius 1 is 0.851 bits per heavy atom. The first-order chi connectivity index (χ1) is 22.7. The largest absolute Gasteiger partial charge is 0.392 e. The van der Waals surface area contributed by atoms with E-state index in [1.54, 1.807) is 5.48 Å². The molecule has 10 nitrogen and oxygen atoms in total. The van der Waals surface area contributed by atoms with Gasteiger partial charge in [-0.1, -0.05) is 66.6 Å². The van der Waals surface area contributed by atoms with Crippen LogP contribution in [0.2, 0.25) is 5.02 Å². The van der Waals surface area contributed by atoms with Gasteiger partial charge >= 0.3 is 0 Å². The fraction of sp³-hybridized carbons (Fsp3) is 0.444. The van der Waals surface area contributed by atoms with E-state index in [9.17, 15) is 19.8 Å². The van der Waals surface area contributed by atoms with Crippen molar-refractivity contribution in [3.63, 3.8) is 0 Å². The van der Waals surface area contributed by atoms with E-state index >= 15 is 0 Å². The Balaban J connectivity index is 1.20. The molecule has 2 aliphatic heterocycles. The summed E-state index contributed by atoms with van der Waals surface area (Å²) < 4.78 is 13.0. The van der Waals surface area contributed by atoms with E-state index in [1.165, 1.54) is 0 Å². The Bertz CT molecular complexity index is 1440. The monoisotopic (exact) mass is 665 g/mol. The van der Waals surface area contributed by atoms with Crippen molar-refractivity contribution in [2.75, 3.05) is 25.0 Å². The van der Waals surface area contributed by atoms with Crippen molar-refractivity contribution in [1.29, 1.82) is 0 Å². The van der Waals surface area contributed by atoms with Crippen molar-refractivity contribution in [3.05, 3.63) is 100 Å². The molecule has 2 fully saturated rings. The van der Waals surface area contributed by atoms with E-state index in [1.807, 2.05) is 72.8 Å².